The number of allylic oxidation sites excluding steroid dienone is 4. The topological polar surface area (TPSA) is 90.3 Å². The average Bonchev–Trinajstić information content (AvgIpc) is 3.65. The maximum absolute atomic E-state index is 14.5. The molecule has 4 saturated carbocycles. The van der Waals surface area contributed by atoms with Gasteiger partial charge >= 0.3 is 6.03 Å². The van der Waals surface area contributed by atoms with Crippen LogP contribution in [0.3, 0.4) is 0 Å². The fourth-order valence-corrected chi connectivity index (χ4v) is 10.5. The molecule has 6 aliphatic carbocycles. The molecule has 6 rings (SSSR count). The molecule has 6 nitrogen and oxygen atoms in total. The number of Topliss-reactive ketones (excluding diaryl/α,β-unsaturated/α-hetero) is 1. The van der Waals surface area contributed by atoms with Crippen molar-refractivity contribution in [3.8, 4) is 6.07 Å². The zero-order chi connectivity index (χ0) is 28.4. The number of nitrogens with zero attached hydrogens (tertiary/aromatic N) is 2. The minimum absolute atomic E-state index is 0.0337. The van der Waals surface area contributed by atoms with Crippen LogP contribution in [0.25, 0.3) is 0 Å². The van der Waals surface area contributed by atoms with Crippen LogP contribution in [-0.2, 0) is 9.59 Å². The summed E-state index contributed by atoms with van der Waals surface area (Å²) in [6.45, 7) is 11.5. The number of nitrogens with one attached hydrogen (secondary N) is 1. The lowest BCUT2D eigenvalue weighted by Crippen LogP contribution is -2.70. The number of amides is 2. The van der Waals surface area contributed by atoms with Gasteiger partial charge in [-0.05, 0) is 91.9 Å². The highest BCUT2D eigenvalue weighted by Gasteiger charge is 2.72. The van der Waals surface area contributed by atoms with E-state index in [1.807, 2.05) is 12.2 Å². The summed E-state index contributed by atoms with van der Waals surface area (Å²) in [5.41, 5.74) is -0.177. The molecule has 0 aliphatic heterocycles. The first-order valence-electron chi connectivity index (χ1n) is 15.0. The first kappa shape index (κ1) is 26.8. The molecule has 4 fully saturated rings. The Morgan fingerprint density at radius 3 is 2.28 bits per heavy atom. The molecule has 0 unspecified atom stereocenters. The van der Waals surface area contributed by atoms with Gasteiger partial charge in [-0.2, -0.15) is 5.26 Å². The Labute approximate surface area is 233 Å². The summed E-state index contributed by atoms with van der Waals surface area (Å²) in [6, 6.07) is 2.15. The van der Waals surface area contributed by atoms with Gasteiger partial charge in [0.2, 0.25) is 0 Å². The highest BCUT2D eigenvalue weighted by molar-refractivity contribution is 6.06. The van der Waals surface area contributed by atoms with E-state index < -0.39 is 10.8 Å². The molecular formula is C33H45N3O3. The number of fused-ring (bicyclic) bond motifs is 8. The van der Waals surface area contributed by atoms with E-state index in [2.05, 4.69) is 46.0 Å². The molecule has 0 aromatic rings. The van der Waals surface area contributed by atoms with Crippen LogP contribution < -0.4 is 5.32 Å². The molecule has 0 saturated heterocycles. The van der Waals surface area contributed by atoms with E-state index >= 15 is 0 Å². The van der Waals surface area contributed by atoms with Crippen molar-refractivity contribution in [1.29, 1.82) is 5.26 Å². The first-order valence-corrected chi connectivity index (χ1v) is 15.0. The predicted molar refractivity (Wildman–Crippen MR) is 149 cm³/mol. The van der Waals surface area contributed by atoms with Crippen LogP contribution in [0.4, 0.5) is 4.79 Å². The molecule has 0 bridgehead atoms. The second-order valence-corrected chi connectivity index (χ2v) is 15.7. The maximum Gasteiger partial charge on any atom is 0.317 e. The molecule has 210 valence electrons. The van der Waals surface area contributed by atoms with E-state index in [1.54, 1.807) is 19.0 Å². The molecule has 39 heavy (non-hydrogen) atoms. The summed E-state index contributed by atoms with van der Waals surface area (Å²) in [7, 11) is 3.57. The summed E-state index contributed by atoms with van der Waals surface area (Å²) < 4.78 is 0. The molecule has 0 aromatic heterocycles. The van der Waals surface area contributed by atoms with E-state index in [0.29, 0.717) is 5.57 Å². The molecule has 0 aromatic carbocycles. The van der Waals surface area contributed by atoms with Gasteiger partial charge in [0, 0.05) is 36.4 Å². The number of urea groups is 1. The van der Waals surface area contributed by atoms with Gasteiger partial charge in [0.1, 0.15) is 6.07 Å². The number of hydrogen-bond donors (Lipinski definition) is 1. The third-order valence-corrected chi connectivity index (χ3v) is 13.1. The molecule has 7 atom stereocenters. The lowest BCUT2D eigenvalue weighted by atomic mass is 9.35. The van der Waals surface area contributed by atoms with Gasteiger partial charge in [-0.15, -0.1) is 0 Å². The van der Waals surface area contributed by atoms with E-state index in [0.717, 1.165) is 63.4 Å². The summed E-state index contributed by atoms with van der Waals surface area (Å²) in [5, 5.41) is 13.4. The number of hydrogen-bond acceptors (Lipinski definition) is 4. The standard InChI is InChI=1S/C33H45N3O3/c1-28(2)10-14-33(35-27(39)36(6)7)15-11-31(5)25(21(33)18-28)22(37)16-24-29(3)17-20(19-34)26(38)32(12-13-32)23(29)8-9-30(24,31)4/h16-17,21,23,25H,8-15,18H2,1-7H3,(H,35,39)/t21-,23+,25-,29-,30+,31+,33-/m0/s1. The molecule has 1 spiro atoms. The van der Waals surface area contributed by atoms with Crippen LogP contribution in [0.15, 0.2) is 23.3 Å². The first-order chi connectivity index (χ1) is 18.1. The van der Waals surface area contributed by atoms with Gasteiger partial charge in [-0.25, -0.2) is 4.79 Å². The maximum atomic E-state index is 14.5. The monoisotopic (exact) mass is 531 g/mol. The zero-order valence-corrected chi connectivity index (χ0v) is 24.9. The Balaban J connectivity index is 1.49. The Hall–Kier alpha value is -2.42. The second kappa shape index (κ2) is 7.86. The van der Waals surface area contributed by atoms with Crippen LogP contribution in [0.1, 0.15) is 92.4 Å². The lowest BCUT2D eigenvalue weighted by molar-refractivity contribution is -0.159. The van der Waals surface area contributed by atoms with E-state index in [4.69, 9.17) is 0 Å². The van der Waals surface area contributed by atoms with Crippen LogP contribution in [0.5, 0.6) is 0 Å². The number of carbonyl (C=O) groups excluding carboxylic acids is 3. The van der Waals surface area contributed by atoms with Crippen molar-refractivity contribution in [2.24, 2.45) is 44.8 Å². The van der Waals surface area contributed by atoms with E-state index in [1.165, 1.54) is 0 Å². The van der Waals surface area contributed by atoms with Crippen LogP contribution in [-0.4, -0.2) is 42.1 Å². The van der Waals surface area contributed by atoms with Crippen molar-refractivity contribution < 1.29 is 14.4 Å². The van der Waals surface area contributed by atoms with Crippen molar-refractivity contribution in [2.45, 2.75) is 97.9 Å². The van der Waals surface area contributed by atoms with Crippen molar-refractivity contribution in [3.63, 3.8) is 0 Å². The molecule has 0 radical (unpaired) electrons. The Morgan fingerprint density at radius 1 is 1.00 bits per heavy atom. The number of nitriles is 1. The fraction of sp³-hybridized carbons (Fsp3) is 0.758. The van der Waals surface area contributed by atoms with Gasteiger partial charge in [0.25, 0.3) is 0 Å². The van der Waals surface area contributed by atoms with Gasteiger partial charge in [-0.1, -0.05) is 46.3 Å². The highest BCUT2D eigenvalue weighted by Crippen LogP contribution is 2.76. The van der Waals surface area contributed by atoms with E-state index in [-0.39, 0.29) is 57.1 Å². The Kier molecular flexibility index (Phi) is 5.40. The van der Waals surface area contributed by atoms with Crippen molar-refractivity contribution in [1.82, 2.24) is 10.2 Å². The molecule has 6 heteroatoms. The predicted octanol–water partition coefficient (Wildman–Crippen LogP) is 5.98. The van der Waals surface area contributed by atoms with Crippen molar-refractivity contribution >= 4 is 17.6 Å². The quantitative estimate of drug-likeness (QED) is 0.450. The smallest absolute Gasteiger partial charge is 0.317 e. The highest BCUT2D eigenvalue weighted by atomic mass is 16.2. The van der Waals surface area contributed by atoms with Crippen LogP contribution in [0, 0.1) is 56.2 Å². The number of carbonyl (C=O) groups is 3. The molecular weight excluding hydrogens is 486 g/mol. The molecule has 2 amide bonds. The molecule has 6 aliphatic rings. The van der Waals surface area contributed by atoms with Crippen LogP contribution in [0.2, 0.25) is 0 Å². The summed E-state index contributed by atoms with van der Waals surface area (Å²) >= 11 is 0. The third-order valence-electron chi connectivity index (χ3n) is 13.1. The molecule has 1 N–H and O–H groups in total. The van der Waals surface area contributed by atoms with Crippen molar-refractivity contribution in [3.05, 3.63) is 23.3 Å². The minimum Gasteiger partial charge on any atom is -0.332 e. The minimum atomic E-state index is -0.467. The Bertz CT molecular complexity index is 1280. The Morgan fingerprint density at radius 2 is 1.67 bits per heavy atom. The van der Waals surface area contributed by atoms with Gasteiger partial charge in [0.15, 0.2) is 11.6 Å². The van der Waals surface area contributed by atoms with Crippen molar-refractivity contribution in [2.75, 3.05) is 14.1 Å². The SMILES string of the molecule is CN(C)C(=O)N[C@]12CCC(C)(C)C[C@H]1[C@H]1C(=O)C=C3[C@@]4(C)C=C(C#N)C(=O)C5(CC5)[C@@H]4CC[C@@]3(C)[C@]1(C)CC2. The van der Waals surface area contributed by atoms with Gasteiger partial charge in [0.05, 0.1) is 5.57 Å². The van der Waals surface area contributed by atoms with Gasteiger partial charge in [-0.3, -0.25) is 9.59 Å². The summed E-state index contributed by atoms with van der Waals surface area (Å²) in [6.07, 6.45) is 12.1. The zero-order valence-electron chi connectivity index (χ0n) is 24.9. The third kappa shape index (κ3) is 3.28. The summed E-state index contributed by atoms with van der Waals surface area (Å²) in [5.74, 6) is 0.279. The summed E-state index contributed by atoms with van der Waals surface area (Å²) in [4.78, 5) is 42.5. The lowest BCUT2D eigenvalue weighted by Gasteiger charge is -2.69. The van der Waals surface area contributed by atoms with E-state index in [9.17, 15) is 19.6 Å². The van der Waals surface area contributed by atoms with Gasteiger partial charge < -0.3 is 10.2 Å². The fourth-order valence-electron chi connectivity index (χ4n) is 10.5. The number of ketones is 2. The number of rotatable bonds is 1. The normalized spacial score (nSPS) is 44.9. The largest absolute Gasteiger partial charge is 0.332 e. The van der Waals surface area contributed by atoms with Crippen LogP contribution >= 0.6 is 0 Å². The molecule has 0 heterocycles. The average molecular weight is 532 g/mol. The second-order valence-electron chi connectivity index (χ2n) is 15.7.